The van der Waals surface area contributed by atoms with Crippen molar-refractivity contribution in [3.8, 4) is 11.3 Å². The molecule has 1 aromatic carbocycles. The van der Waals surface area contributed by atoms with Crippen LogP contribution in [0.4, 0.5) is 0 Å². The molecule has 0 amide bonds. The SMILES string of the molecule is CC[C@@H](NS(C)(=O)=O)c1ncc(-c2ccccc2)[nH]1. The van der Waals surface area contributed by atoms with Gasteiger partial charge < -0.3 is 4.98 Å². The molecule has 0 saturated carbocycles. The van der Waals surface area contributed by atoms with Crippen LogP contribution in [0.1, 0.15) is 25.2 Å². The van der Waals surface area contributed by atoms with Gasteiger partial charge in [0.1, 0.15) is 5.82 Å². The Morgan fingerprint density at radius 1 is 1.32 bits per heavy atom. The molecule has 6 heteroatoms. The van der Waals surface area contributed by atoms with Gasteiger partial charge in [0.2, 0.25) is 10.0 Å². The molecule has 2 rings (SSSR count). The molecule has 0 fully saturated rings. The van der Waals surface area contributed by atoms with Gasteiger partial charge in [0.05, 0.1) is 24.2 Å². The van der Waals surface area contributed by atoms with Gasteiger partial charge in [-0.15, -0.1) is 0 Å². The maximum Gasteiger partial charge on any atom is 0.209 e. The Labute approximate surface area is 113 Å². The zero-order valence-corrected chi connectivity index (χ0v) is 11.7. The average Bonchev–Trinajstić information content (AvgIpc) is 2.85. The Morgan fingerprint density at radius 2 is 2.00 bits per heavy atom. The van der Waals surface area contributed by atoms with E-state index in [4.69, 9.17) is 0 Å². The van der Waals surface area contributed by atoms with Gasteiger partial charge in [0, 0.05) is 0 Å². The largest absolute Gasteiger partial charge is 0.341 e. The lowest BCUT2D eigenvalue weighted by atomic mass is 10.2. The molecule has 0 saturated heterocycles. The average molecular weight is 279 g/mol. The zero-order valence-electron chi connectivity index (χ0n) is 10.9. The number of hydrogen-bond acceptors (Lipinski definition) is 3. The summed E-state index contributed by atoms with van der Waals surface area (Å²) in [5.74, 6) is 0.631. The molecular formula is C13H17N3O2S. The maximum atomic E-state index is 11.3. The van der Waals surface area contributed by atoms with Crippen LogP contribution in [-0.2, 0) is 10.0 Å². The van der Waals surface area contributed by atoms with Gasteiger partial charge >= 0.3 is 0 Å². The topological polar surface area (TPSA) is 74.8 Å². The fourth-order valence-corrected chi connectivity index (χ4v) is 2.66. The molecule has 2 aromatic rings. The smallest absolute Gasteiger partial charge is 0.209 e. The highest BCUT2D eigenvalue weighted by Crippen LogP contribution is 2.20. The number of aromatic amines is 1. The lowest BCUT2D eigenvalue weighted by Crippen LogP contribution is -2.27. The Bertz CT molecular complexity index is 635. The molecular weight excluding hydrogens is 262 g/mol. The number of rotatable bonds is 5. The summed E-state index contributed by atoms with van der Waals surface area (Å²) in [5, 5.41) is 0. The van der Waals surface area contributed by atoms with Crippen LogP contribution in [0.15, 0.2) is 36.5 Å². The van der Waals surface area contributed by atoms with Crippen molar-refractivity contribution in [2.45, 2.75) is 19.4 Å². The molecule has 0 aliphatic heterocycles. The predicted molar refractivity (Wildman–Crippen MR) is 75.0 cm³/mol. The van der Waals surface area contributed by atoms with Crippen LogP contribution in [0.25, 0.3) is 11.3 Å². The van der Waals surface area contributed by atoms with E-state index in [2.05, 4.69) is 14.7 Å². The van der Waals surface area contributed by atoms with Crippen molar-refractivity contribution in [2.24, 2.45) is 0 Å². The standard InChI is InChI=1S/C13H17N3O2S/c1-3-11(16-19(2,17)18)13-14-9-12(15-13)10-7-5-4-6-8-10/h4-9,11,16H,3H2,1-2H3,(H,14,15)/t11-/m1/s1. The van der Waals surface area contributed by atoms with Crippen molar-refractivity contribution in [3.63, 3.8) is 0 Å². The number of H-pyrrole nitrogens is 1. The highest BCUT2D eigenvalue weighted by Gasteiger charge is 2.17. The third-order valence-electron chi connectivity index (χ3n) is 2.77. The number of imidazole rings is 1. The number of nitrogens with one attached hydrogen (secondary N) is 2. The maximum absolute atomic E-state index is 11.3. The molecule has 2 N–H and O–H groups in total. The molecule has 0 aliphatic carbocycles. The van der Waals surface area contributed by atoms with E-state index in [0.29, 0.717) is 12.2 Å². The van der Waals surface area contributed by atoms with Crippen molar-refractivity contribution in [1.82, 2.24) is 14.7 Å². The second-order valence-electron chi connectivity index (χ2n) is 4.40. The van der Waals surface area contributed by atoms with Crippen LogP contribution in [0.5, 0.6) is 0 Å². The molecule has 1 atom stereocenters. The molecule has 0 bridgehead atoms. The minimum atomic E-state index is -3.25. The third kappa shape index (κ3) is 3.65. The summed E-state index contributed by atoms with van der Waals surface area (Å²) in [4.78, 5) is 7.43. The van der Waals surface area contributed by atoms with Gasteiger partial charge in [-0.1, -0.05) is 37.3 Å². The van der Waals surface area contributed by atoms with Crippen LogP contribution >= 0.6 is 0 Å². The second-order valence-corrected chi connectivity index (χ2v) is 6.18. The number of nitrogens with zero attached hydrogens (tertiary/aromatic N) is 1. The van der Waals surface area contributed by atoms with E-state index in [0.717, 1.165) is 17.5 Å². The van der Waals surface area contributed by atoms with Crippen molar-refractivity contribution < 1.29 is 8.42 Å². The van der Waals surface area contributed by atoms with Gasteiger partial charge in [0.15, 0.2) is 0 Å². The molecule has 102 valence electrons. The summed E-state index contributed by atoms with van der Waals surface area (Å²) in [6.45, 7) is 1.91. The van der Waals surface area contributed by atoms with E-state index in [1.54, 1.807) is 6.20 Å². The summed E-state index contributed by atoms with van der Waals surface area (Å²) in [6, 6.07) is 9.46. The van der Waals surface area contributed by atoms with E-state index >= 15 is 0 Å². The number of aromatic nitrogens is 2. The normalized spacial score (nSPS) is 13.4. The van der Waals surface area contributed by atoms with E-state index in [-0.39, 0.29) is 6.04 Å². The van der Waals surface area contributed by atoms with E-state index in [1.807, 2.05) is 37.3 Å². The van der Waals surface area contributed by atoms with Gasteiger partial charge in [-0.05, 0) is 12.0 Å². The van der Waals surface area contributed by atoms with Crippen LogP contribution in [0.3, 0.4) is 0 Å². The van der Waals surface area contributed by atoms with E-state index in [1.165, 1.54) is 0 Å². The molecule has 0 spiro atoms. The van der Waals surface area contributed by atoms with Crippen LogP contribution in [-0.4, -0.2) is 24.6 Å². The molecule has 1 aromatic heterocycles. The quantitative estimate of drug-likeness (QED) is 0.880. The first-order valence-corrected chi connectivity index (χ1v) is 7.96. The third-order valence-corrected chi connectivity index (χ3v) is 3.49. The summed E-state index contributed by atoms with van der Waals surface area (Å²) >= 11 is 0. The number of sulfonamides is 1. The Balaban J connectivity index is 2.25. The van der Waals surface area contributed by atoms with Gasteiger partial charge in [-0.2, -0.15) is 0 Å². The van der Waals surface area contributed by atoms with Gasteiger partial charge in [0.25, 0.3) is 0 Å². The van der Waals surface area contributed by atoms with Crippen LogP contribution in [0, 0.1) is 0 Å². The first kappa shape index (κ1) is 13.8. The molecule has 0 unspecified atom stereocenters. The molecule has 19 heavy (non-hydrogen) atoms. The second kappa shape index (κ2) is 5.54. The Morgan fingerprint density at radius 3 is 2.58 bits per heavy atom. The van der Waals surface area contributed by atoms with Gasteiger partial charge in [-0.3, -0.25) is 0 Å². The molecule has 0 aliphatic rings. The van der Waals surface area contributed by atoms with E-state index < -0.39 is 10.0 Å². The highest BCUT2D eigenvalue weighted by atomic mass is 32.2. The highest BCUT2D eigenvalue weighted by molar-refractivity contribution is 7.88. The van der Waals surface area contributed by atoms with Crippen molar-refractivity contribution in [3.05, 3.63) is 42.4 Å². The first-order chi connectivity index (χ1) is 8.99. The molecule has 0 radical (unpaired) electrons. The van der Waals surface area contributed by atoms with Crippen molar-refractivity contribution in [2.75, 3.05) is 6.26 Å². The minimum absolute atomic E-state index is 0.326. The fraction of sp³-hybridized carbons (Fsp3) is 0.308. The van der Waals surface area contributed by atoms with Gasteiger partial charge in [-0.25, -0.2) is 18.1 Å². The Kier molecular flexibility index (Phi) is 4.01. The summed E-state index contributed by atoms with van der Waals surface area (Å²) in [7, 11) is -3.25. The predicted octanol–water partition coefficient (Wildman–Crippen LogP) is 2.08. The molecule has 1 heterocycles. The summed E-state index contributed by atoms with van der Waals surface area (Å²) in [5.41, 5.74) is 1.90. The summed E-state index contributed by atoms with van der Waals surface area (Å²) in [6.07, 6.45) is 3.50. The number of hydrogen-bond donors (Lipinski definition) is 2. The summed E-state index contributed by atoms with van der Waals surface area (Å²) < 4.78 is 25.2. The monoisotopic (exact) mass is 279 g/mol. The lowest BCUT2D eigenvalue weighted by molar-refractivity contribution is 0.544. The fourth-order valence-electron chi connectivity index (χ4n) is 1.87. The minimum Gasteiger partial charge on any atom is -0.341 e. The van der Waals surface area contributed by atoms with E-state index in [9.17, 15) is 8.42 Å². The Hall–Kier alpha value is -1.66. The van der Waals surface area contributed by atoms with Crippen molar-refractivity contribution >= 4 is 10.0 Å². The van der Waals surface area contributed by atoms with Crippen LogP contribution < -0.4 is 4.72 Å². The van der Waals surface area contributed by atoms with Crippen molar-refractivity contribution in [1.29, 1.82) is 0 Å². The zero-order chi connectivity index (χ0) is 13.9. The number of benzene rings is 1. The first-order valence-electron chi connectivity index (χ1n) is 6.07. The van der Waals surface area contributed by atoms with Crippen LogP contribution in [0.2, 0.25) is 0 Å². The lowest BCUT2D eigenvalue weighted by Gasteiger charge is -2.12. The molecule has 5 nitrogen and oxygen atoms in total.